The van der Waals surface area contributed by atoms with Crippen LogP contribution < -0.4 is 0 Å². The van der Waals surface area contributed by atoms with Crippen LogP contribution in [0.2, 0.25) is 0 Å². The van der Waals surface area contributed by atoms with Crippen LogP contribution >= 0.6 is 0 Å². The van der Waals surface area contributed by atoms with Crippen LogP contribution in [0.25, 0.3) is 0 Å². The van der Waals surface area contributed by atoms with Gasteiger partial charge in [-0.3, -0.25) is 0 Å². The third-order valence-corrected chi connectivity index (χ3v) is 4.89. The molecule has 0 radical (unpaired) electrons. The average Bonchev–Trinajstić information content (AvgIpc) is 2.59. The first-order valence-electron chi connectivity index (χ1n) is 5.71. The standard InChI is InChI=1S/C12H14O2/c1-2-14-12(13)8-4-6-5-3-7-9(6)11(7)10(5)8/h4-7,9-11H,2-3H2,1H3. The fourth-order valence-electron chi connectivity index (χ4n) is 4.63. The number of hydrogen-bond donors (Lipinski definition) is 0. The molecule has 74 valence electrons. The van der Waals surface area contributed by atoms with Crippen molar-refractivity contribution >= 4 is 5.97 Å². The highest BCUT2D eigenvalue weighted by Gasteiger charge is 2.76. The SMILES string of the molecule is CCOC(=O)C1=CC2C3CC4C2C4C13. The Morgan fingerprint density at radius 3 is 2.93 bits per heavy atom. The maximum Gasteiger partial charge on any atom is 0.333 e. The van der Waals surface area contributed by atoms with Gasteiger partial charge in [0.1, 0.15) is 0 Å². The largest absolute Gasteiger partial charge is 0.463 e. The van der Waals surface area contributed by atoms with Gasteiger partial charge in [0.2, 0.25) is 0 Å². The van der Waals surface area contributed by atoms with Gasteiger partial charge in [-0.25, -0.2) is 4.79 Å². The zero-order valence-corrected chi connectivity index (χ0v) is 8.27. The topological polar surface area (TPSA) is 26.3 Å². The number of hydrogen-bond acceptors (Lipinski definition) is 2. The summed E-state index contributed by atoms with van der Waals surface area (Å²) in [6.45, 7) is 2.39. The van der Waals surface area contributed by atoms with Crippen LogP contribution in [0.1, 0.15) is 13.3 Å². The lowest BCUT2D eigenvalue weighted by molar-refractivity contribution is -0.139. The lowest BCUT2D eigenvalue weighted by Gasteiger charge is -2.12. The van der Waals surface area contributed by atoms with Crippen molar-refractivity contribution in [3.8, 4) is 0 Å². The Labute approximate surface area is 83.3 Å². The molecule has 0 aliphatic heterocycles. The van der Waals surface area contributed by atoms with Gasteiger partial charge in [-0.05, 0) is 48.9 Å². The average molecular weight is 190 g/mol. The molecule has 0 amide bonds. The molecule has 4 fully saturated rings. The predicted octanol–water partition coefficient (Wildman–Crippen LogP) is 1.62. The molecule has 0 aromatic rings. The van der Waals surface area contributed by atoms with E-state index in [0.29, 0.717) is 12.5 Å². The van der Waals surface area contributed by atoms with E-state index in [9.17, 15) is 4.79 Å². The molecule has 4 saturated carbocycles. The smallest absolute Gasteiger partial charge is 0.333 e. The third-order valence-electron chi connectivity index (χ3n) is 4.89. The molecule has 0 saturated heterocycles. The second-order valence-corrected chi connectivity index (χ2v) is 5.16. The minimum Gasteiger partial charge on any atom is -0.463 e. The summed E-state index contributed by atoms with van der Waals surface area (Å²) in [5.41, 5.74) is 1.03. The third kappa shape index (κ3) is 0.598. The van der Waals surface area contributed by atoms with Crippen molar-refractivity contribution in [2.75, 3.05) is 6.61 Å². The number of ether oxygens (including phenoxy) is 1. The van der Waals surface area contributed by atoms with Crippen LogP contribution in [0.4, 0.5) is 0 Å². The molecule has 5 rings (SSSR count). The molecule has 0 aromatic heterocycles. The molecule has 6 atom stereocenters. The zero-order valence-electron chi connectivity index (χ0n) is 8.27. The van der Waals surface area contributed by atoms with Crippen LogP contribution in [-0.2, 0) is 9.53 Å². The van der Waals surface area contributed by atoms with Gasteiger partial charge in [0.15, 0.2) is 0 Å². The first-order chi connectivity index (χ1) is 6.83. The van der Waals surface area contributed by atoms with E-state index >= 15 is 0 Å². The Morgan fingerprint density at radius 1 is 1.50 bits per heavy atom. The fraction of sp³-hybridized carbons (Fsp3) is 0.750. The van der Waals surface area contributed by atoms with Crippen molar-refractivity contribution in [3.63, 3.8) is 0 Å². The Hall–Kier alpha value is -0.790. The minimum absolute atomic E-state index is 0.0315. The van der Waals surface area contributed by atoms with Crippen LogP contribution in [0.15, 0.2) is 11.6 Å². The molecule has 0 heterocycles. The van der Waals surface area contributed by atoms with Gasteiger partial charge in [-0.2, -0.15) is 0 Å². The van der Waals surface area contributed by atoms with Gasteiger partial charge < -0.3 is 4.74 Å². The maximum absolute atomic E-state index is 11.7. The Balaban J connectivity index is 1.66. The highest BCUT2D eigenvalue weighted by atomic mass is 16.5. The molecular formula is C12H14O2. The normalized spacial score (nSPS) is 54.8. The Bertz CT molecular complexity index is 357. The van der Waals surface area contributed by atoms with Crippen LogP contribution in [0.5, 0.6) is 0 Å². The summed E-state index contributed by atoms with van der Waals surface area (Å²) >= 11 is 0. The number of carbonyl (C=O) groups is 1. The Morgan fingerprint density at radius 2 is 2.36 bits per heavy atom. The van der Waals surface area contributed by atoms with E-state index in [1.165, 1.54) is 6.42 Å². The predicted molar refractivity (Wildman–Crippen MR) is 50.3 cm³/mol. The molecule has 0 aromatic carbocycles. The second-order valence-electron chi connectivity index (χ2n) is 5.16. The van der Waals surface area contributed by atoms with Crippen molar-refractivity contribution in [3.05, 3.63) is 11.6 Å². The summed E-state index contributed by atoms with van der Waals surface area (Å²) in [5.74, 6) is 5.00. The quantitative estimate of drug-likeness (QED) is 0.618. The van der Waals surface area contributed by atoms with Gasteiger partial charge in [-0.1, -0.05) is 6.08 Å². The molecule has 2 nitrogen and oxygen atoms in total. The summed E-state index contributed by atoms with van der Waals surface area (Å²) in [5, 5.41) is 0. The number of allylic oxidation sites excluding steroid dienone is 1. The molecule has 5 aliphatic carbocycles. The highest BCUT2D eigenvalue weighted by Crippen LogP contribution is 2.80. The lowest BCUT2D eigenvalue weighted by Crippen LogP contribution is -2.16. The molecular weight excluding hydrogens is 176 g/mol. The molecule has 2 heteroatoms. The molecule has 0 N–H and O–H groups in total. The minimum atomic E-state index is -0.0315. The zero-order chi connectivity index (χ0) is 9.45. The molecule has 5 aliphatic rings. The first kappa shape index (κ1) is 7.49. The van der Waals surface area contributed by atoms with Gasteiger partial charge in [0.05, 0.1) is 6.61 Å². The van der Waals surface area contributed by atoms with Crippen LogP contribution in [0, 0.1) is 35.5 Å². The molecule has 6 bridgehead atoms. The van der Waals surface area contributed by atoms with Crippen molar-refractivity contribution in [2.45, 2.75) is 13.3 Å². The summed E-state index contributed by atoms with van der Waals surface area (Å²) in [7, 11) is 0. The number of carbonyl (C=O) groups excluding carboxylic acids is 1. The van der Waals surface area contributed by atoms with E-state index in [1.54, 1.807) is 0 Å². The number of esters is 1. The number of rotatable bonds is 2. The fourth-order valence-corrected chi connectivity index (χ4v) is 4.63. The van der Waals surface area contributed by atoms with Crippen LogP contribution in [-0.4, -0.2) is 12.6 Å². The van der Waals surface area contributed by atoms with Gasteiger partial charge in [-0.15, -0.1) is 0 Å². The summed E-state index contributed by atoms with van der Waals surface area (Å²) in [6.07, 6.45) is 3.63. The van der Waals surface area contributed by atoms with Gasteiger partial charge >= 0.3 is 5.97 Å². The monoisotopic (exact) mass is 190 g/mol. The van der Waals surface area contributed by atoms with Crippen LogP contribution in [0.3, 0.4) is 0 Å². The van der Waals surface area contributed by atoms with Crippen molar-refractivity contribution in [1.82, 2.24) is 0 Å². The van der Waals surface area contributed by atoms with E-state index in [-0.39, 0.29) is 5.97 Å². The second kappa shape index (κ2) is 2.07. The van der Waals surface area contributed by atoms with E-state index in [2.05, 4.69) is 6.08 Å². The van der Waals surface area contributed by atoms with Crippen molar-refractivity contribution in [2.24, 2.45) is 35.5 Å². The van der Waals surface area contributed by atoms with E-state index in [0.717, 1.165) is 35.2 Å². The van der Waals surface area contributed by atoms with Crippen molar-refractivity contribution in [1.29, 1.82) is 0 Å². The molecule has 14 heavy (non-hydrogen) atoms. The summed E-state index contributed by atoms with van der Waals surface area (Å²) < 4.78 is 5.10. The van der Waals surface area contributed by atoms with E-state index < -0.39 is 0 Å². The van der Waals surface area contributed by atoms with Gasteiger partial charge in [0, 0.05) is 5.57 Å². The summed E-state index contributed by atoms with van der Waals surface area (Å²) in [4.78, 5) is 11.7. The summed E-state index contributed by atoms with van der Waals surface area (Å²) in [6, 6.07) is 0. The molecule has 0 spiro atoms. The molecule has 6 unspecified atom stereocenters. The lowest BCUT2D eigenvalue weighted by atomic mass is 9.95. The van der Waals surface area contributed by atoms with E-state index in [4.69, 9.17) is 4.74 Å². The van der Waals surface area contributed by atoms with E-state index in [1.807, 2.05) is 6.92 Å². The van der Waals surface area contributed by atoms with Gasteiger partial charge in [0.25, 0.3) is 0 Å². The van der Waals surface area contributed by atoms with Crippen molar-refractivity contribution < 1.29 is 9.53 Å². The highest BCUT2D eigenvalue weighted by molar-refractivity contribution is 5.90. The Kier molecular flexibility index (Phi) is 1.11. The maximum atomic E-state index is 11.7. The first-order valence-corrected chi connectivity index (χ1v) is 5.71.